The Balaban J connectivity index is 1.88. The summed E-state index contributed by atoms with van der Waals surface area (Å²) in [7, 11) is 0. The topological polar surface area (TPSA) is 104 Å². The predicted octanol–water partition coefficient (Wildman–Crippen LogP) is 1.56. The predicted molar refractivity (Wildman–Crippen MR) is 89.0 cm³/mol. The fourth-order valence-corrected chi connectivity index (χ4v) is 3.18. The number of rotatable bonds is 2. The molecule has 1 fully saturated rings. The molecule has 0 bridgehead atoms. The molecule has 0 aliphatic carbocycles. The molecule has 0 aromatic carbocycles. The van der Waals surface area contributed by atoms with Crippen molar-refractivity contribution in [2.45, 2.75) is 18.9 Å². The first-order valence-corrected chi connectivity index (χ1v) is 7.56. The van der Waals surface area contributed by atoms with E-state index in [0.29, 0.717) is 6.54 Å². The molecule has 1 aliphatic heterocycles. The first-order chi connectivity index (χ1) is 11.0. The monoisotopic (exact) mass is 310 g/mol. The fraction of sp³-hybridized carbons (Fsp3) is 0.312. The zero-order valence-corrected chi connectivity index (χ0v) is 12.8. The van der Waals surface area contributed by atoms with Crippen LogP contribution < -0.4 is 10.6 Å². The maximum Gasteiger partial charge on any atom is 0.220 e. The number of H-pyrrole nitrogens is 1. The molecule has 4 N–H and O–H groups in total. The summed E-state index contributed by atoms with van der Waals surface area (Å²) in [5, 5.41) is 11.3. The molecule has 1 aliphatic rings. The number of aliphatic hydroxyl groups is 1. The van der Waals surface area contributed by atoms with Gasteiger partial charge < -0.3 is 20.7 Å². The lowest BCUT2D eigenvalue weighted by Crippen LogP contribution is -2.29. The van der Waals surface area contributed by atoms with E-state index in [2.05, 4.69) is 24.8 Å². The van der Waals surface area contributed by atoms with Gasteiger partial charge in [0.25, 0.3) is 0 Å². The number of nitrogen functional groups attached to an aromatic ring is 1. The Labute approximate surface area is 133 Å². The number of β-amino-alcohol motifs (C(OH)–C–C–N with tert-alkyl or cyclic N) is 1. The highest BCUT2D eigenvalue weighted by molar-refractivity contribution is 6.02. The van der Waals surface area contributed by atoms with Crippen LogP contribution in [0.4, 0.5) is 11.6 Å². The minimum absolute atomic E-state index is 0.242. The summed E-state index contributed by atoms with van der Waals surface area (Å²) in [6.07, 6.45) is 6.06. The SMILES string of the molecule is CC1(O)CCN(c2ccnc3[nH]cc(-c4ccnc(N)n4)c23)C1. The molecule has 0 amide bonds. The maximum atomic E-state index is 10.3. The molecular weight excluding hydrogens is 292 g/mol. The molecule has 0 radical (unpaired) electrons. The second-order valence-corrected chi connectivity index (χ2v) is 6.22. The number of nitrogens with two attached hydrogens (primary N) is 1. The van der Waals surface area contributed by atoms with Gasteiger partial charge in [0.2, 0.25) is 5.95 Å². The van der Waals surface area contributed by atoms with E-state index in [1.54, 1.807) is 12.4 Å². The van der Waals surface area contributed by atoms with Crippen LogP contribution in [0.3, 0.4) is 0 Å². The van der Waals surface area contributed by atoms with Crippen LogP contribution in [0, 0.1) is 0 Å². The lowest BCUT2D eigenvalue weighted by Gasteiger charge is -2.22. The molecule has 4 heterocycles. The standard InChI is InChI=1S/C16H18N6O/c1-16(23)4-7-22(9-16)12-3-6-18-14-13(12)10(8-20-14)11-2-5-19-15(17)21-11/h2-3,5-6,8,23H,4,7,9H2,1H3,(H,18,20)(H2,17,19,21). The molecule has 0 saturated carbocycles. The van der Waals surface area contributed by atoms with E-state index in [4.69, 9.17) is 5.73 Å². The average molecular weight is 310 g/mol. The van der Waals surface area contributed by atoms with Crippen molar-refractivity contribution in [3.05, 3.63) is 30.7 Å². The van der Waals surface area contributed by atoms with E-state index in [9.17, 15) is 5.11 Å². The summed E-state index contributed by atoms with van der Waals surface area (Å²) >= 11 is 0. The Hall–Kier alpha value is -2.67. The van der Waals surface area contributed by atoms with Crippen molar-refractivity contribution in [3.63, 3.8) is 0 Å². The van der Waals surface area contributed by atoms with E-state index >= 15 is 0 Å². The number of pyridine rings is 1. The zero-order valence-electron chi connectivity index (χ0n) is 12.8. The largest absolute Gasteiger partial charge is 0.388 e. The number of nitrogens with zero attached hydrogens (tertiary/aromatic N) is 4. The molecule has 4 rings (SSSR count). The Morgan fingerprint density at radius 3 is 2.87 bits per heavy atom. The summed E-state index contributed by atoms with van der Waals surface area (Å²) in [4.78, 5) is 18.0. The third-order valence-electron chi connectivity index (χ3n) is 4.29. The molecule has 23 heavy (non-hydrogen) atoms. The van der Waals surface area contributed by atoms with Gasteiger partial charge in [0, 0.05) is 37.2 Å². The zero-order chi connectivity index (χ0) is 16.0. The minimum Gasteiger partial charge on any atom is -0.388 e. The Morgan fingerprint density at radius 2 is 2.13 bits per heavy atom. The van der Waals surface area contributed by atoms with E-state index in [-0.39, 0.29) is 5.95 Å². The molecule has 7 heteroatoms. The number of nitrogens with one attached hydrogen (secondary N) is 1. The van der Waals surface area contributed by atoms with Gasteiger partial charge in [-0.15, -0.1) is 0 Å². The molecule has 118 valence electrons. The first-order valence-electron chi connectivity index (χ1n) is 7.56. The van der Waals surface area contributed by atoms with Gasteiger partial charge in [-0.25, -0.2) is 15.0 Å². The van der Waals surface area contributed by atoms with Crippen LogP contribution in [0.15, 0.2) is 30.7 Å². The van der Waals surface area contributed by atoms with Crippen LogP contribution in [-0.4, -0.2) is 43.7 Å². The quantitative estimate of drug-likeness (QED) is 0.663. The Bertz CT molecular complexity index is 872. The van der Waals surface area contributed by atoms with Crippen LogP contribution >= 0.6 is 0 Å². The smallest absolute Gasteiger partial charge is 0.220 e. The number of aromatic nitrogens is 4. The van der Waals surface area contributed by atoms with E-state index in [0.717, 1.165) is 40.9 Å². The van der Waals surface area contributed by atoms with Crippen LogP contribution in [0.2, 0.25) is 0 Å². The van der Waals surface area contributed by atoms with Crippen molar-refractivity contribution >= 4 is 22.7 Å². The third-order valence-corrected chi connectivity index (χ3v) is 4.29. The summed E-state index contributed by atoms with van der Waals surface area (Å²) < 4.78 is 0. The van der Waals surface area contributed by atoms with Gasteiger partial charge in [-0.1, -0.05) is 0 Å². The van der Waals surface area contributed by atoms with Crippen molar-refractivity contribution in [1.82, 2.24) is 19.9 Å². The van der Waals surface area contributed by atoms with Crippen molar-refractivity contribution < 1.29 is 5.11 Å². The van der Waals surface area contributed by atoms with Crippen molar-refractivity contribution in [2.75, 3.05) is 23.7 Å². The van der Waals surface area contributed by atoms with Gasteiger partial charge in [-0.05, 0) is 25.5 Å². The molecular formula is C16H18N6O. The average Bonchev–Trinajstić information content (AvgIpc) is 3.10. The normalized spacial score (nSPS) is 21.2. The van der Waals surface area contributed by atoms with Crippen LogP contribution in [0.5, 0.6) is 0 Å². The molecule has 3 aromatic rings. The summed E-state index contributed by atoms with van der Waals surface area (Å²) in [6.45, 7) is 3.28. The number of hydrogen-bond acceptors (Lipinski definition) is 6. The highest BCUT2D eigenvalue weighted by Gasteiger charge is 2.32. The summed E-state index contributed by atoms with van der Waals surface area (Å²) in [6, 6.07) is 3.81. The fourth-order valence-electron chi connectivity index (χ4n) is 3.18. The Morgan fingerprint density at radius 1 is 1.30 bits per heavy atom. The van der Waals surface area contributed by atoms with Gasteiger partial charge in [0.1, 0.15) is 5.65 Å². The maximum absolute atomic E-state index is 10.3. The number of fused-ring (bicyclic) bond motifs is 1. The molecule has 1 unspecified atom stereocenters. The summed E-state index contributed by atoms with van der Waals surface area (Å²) in [5.74, 6) is 0.242. The number of hydrogen-bond donors (Lipinski definition) is 3. The van der Waals surface area contributed by atoms with Gasteiger partial charge in [0.05, 0.1) is 22.4 Å². The van der Waals surface area contributed by atoms with E-state index in [1.165, 1.54) is 0 Å². The van der Waals surface area contributed by atoms with Crippen molar-refractivity contribution in [1.29, 1.82) is 0 Å². The van der Waals surface area contributed by atoms with Crippen LogP contribution in [0.1, 0.15) is 13.3 Å². The molecule has 1 atom stereocenters. The van der Waals surface area contributed by atoms with Crippen molar-refractivity contribution in [3.8, 4) is 11.3 Å². The number of aromatic amines is 1. The highest BCUT2D eigenvalue weighted by atomic mass is 16.3. The van der Waals surface area contributed by atoms with Gasteiger partial charge >= 0.3 is 0 Å². The Kier molecular flexibility index (Phi) is 2.99. The number of anilines is 2. The van der Waals surface area contributed by atoms with Gasteiger partial charge in [-0.3, -0.25) is 0 Å². The third kappa shape index (κ3) is 2.39. The van der Waals surface area contributed by atoms with E-state index < -0.39 is 5.60 Å². The van der Waals surface area contributed by atoms with Gasteiger partial charge in [0.15, 0.2) is 0 Å². The highest BCUT2D eigenvalue weighted by Crippen LogP contribution is 2.36. The molecule has 0 spiro atoms. The molecule has 7 nitrogen and oxygen atoms in total. The second-order valence-electron chi connectivity index (χ2n) is 6.22. The summed E-state index contributed by atoms with van der Waals surface area (Å²) in [5.41, 5.74) is 8.57. The van der Waals surface area contributed by atoms with Crippen LogP contribution in [-0.2, 0) is 0 Å². The van der Waals surface area contributed by atoms with Crippen LogP contribution in [0.25, 0.3) is 22.3 Å². The molecule has 1 saturated heterocycles. The van der Waals surface area contributed by atoms with E-state index in [1.807, 2.05) is 25.3 Å². The lowest BCUT2D eigenvalue weighted by atomic mass is 10.1. The van der Waals surface area contributed by atoms with Gasteiger partial charge in [-0.2, -0.15) is 0 Å². The molecule has 3 aromatic heterocycles. The first kappa shape index (κ1) is 14.0. The minimum atomic E-state index is -0.661. The van der Waals surface area contributed by atoms with Crippen molar-refractivity contribution in [2.24, 2.45) is 0 Å². The second kappa shape index (κ2) is 4.92. The lowest BCUT2D eigenvalue weighted by molar-refractivity contribution is 0.0839.